The molecule has 1 aromatic carbocycles. The molecular formula is C21H29N5O. The number of imidazole rings is 1. The molecule has 2 N–H and O–H groups in total. The highest BCUT2D eigenvalue weighted by atomic mass is 16.2. The van der Waals surface area contributed by atoms with E-state index in [9.17, 15) is 4.79 Å². The number of carbonyl (C=O) groups is 1. The van der Waals surface area contributed by atoms with Crippen LogP contribution in [0.1, 0.15) is 32.4 Å². The van der Waals surface area contributed by atoms with Gasteiger partial charge < -0.3 is 20.1 Å². The predicted octanol–water partition coefficient (Wildman–Crippen LogP) is 3.35. The van der Waals surface area contributed by atoms with Crippen molar-refractivity contribution in [3.05, 3.63) is 36.2 Å². The third-order valence-electron chi connectivity index (χ3n) is 5.83. The van der Waals surface area contributed by atoms with Crippen molar-refractivity contribution in [2.75, 3.05) is 25.0 Å². The van der Waals surface area contributed by atoms with E-state index in [1.807, 2.05) is 24.4 Å². The van der Waals surface area contributed by atoms with Crippen molar-refractivity contribution in [3.8, 4) is 11.4 Å². The van der Waals surface area contributed by atoms with Crippen LogP contribution in [-0.4, -0.2) is 46.2 Å². The van der Waals surface area contributed by atoms with Gasteiger partial charge in [0.05, 0.1) is 0 Å². The number of rotatable bonds is 4. The molecule has 2 amide bonds. The number of aryl methyl sites for hydroxylation is 1. The first-order valence-corrected chi connectivity index (χ1v) is 10.1. The van der Waals surface area contributed by atoms with Crippen molar-refractivity contribution in [2.45, 2.75) is 45.7 Å². The number of nitrogens with one attached hydrogen (secondary N) is 2. The van der Waals surface area contributed by atoms with E-state index in [-0.39, 0.29) is 12.1 Å². The van der Waals surface area contributed by atoms with Gasteiger partial charge in [0, 0.05) is 48.8 Å². The van der Waals surface area contributed by atoms with E-state index >= 15 is 0 Å². The molecule has 27 heavy (non-hydrogen) atoms. The molecule has 0 bridgehead atoms. The summed E-state index contributed by atoms with van der Waals surface area (Å²) in [5.74, 6) is 1.47. The fourth-order valence-electron chi connectivity index (χ4n) is 4.25. The smallest absolute Gasteiger partial charge is 0.319 e. The molecule has 0 spiro atoms. The molecule has 2 aliphatic rings. The van der Waals surface area contributed by atoms with Gasteiger partial charge in [-0.05, 0) is 43.9 Å². The molecule has 2 aliphatic heterocycles. The molecular weight excluding hydrogens is 338 g/mol. The molecule has 6 heteroatoms. The molecule has 144 valence electrons. The maximum absolute atomic E-state index is 12.5. The zero-order valence-corrected chi connectivity index (χ0v) is 16.2. The van der Waals surface area contributed by atoms with Crippen molar-refractivity contribution >= 4 is 11.7 Å². The van der Waals surface area contributed by atoms with Gasteiger partial charge in [-0.1, -0.05) is 26.0 Å². The molecule has 6 nitrogen and oxygen atoms in total. The van der Waals surface area contributed by atoms with Crippen LogP contribution in [0.3, 0.4) is 0 Å². The molecule has 0 saturated carbocycles. The van der Waals surface area contributed by atoms with E-state index in [0.717, 1.165) is 49.7 Å². The topological polar surface area (TPSA) is 62.2 Å². The number of nitrogens with zero attached hydrogens (tertiary/aromatic N) is 3. The lowest BCUT2D eigenvalue weighted by Crippen LogP contribution is -2.42. The van der Waals surface area contributed by atoms with Gasteiger partial charge >= 0.3 is 6.03 Å². The highest BCUT2D eigenvalue weighted by molar-refractivity contribution is 5.90. The average molecular weight is 367 g/mol. The third kappa shape index (κ3) is 3.86. The van der Waals surface area contributed by atoms with Crippen LogP contribution in [0.25, 0.3) is 11.4 Å². The van der Waals surface area contributed by atoms with Crippen LogP contribution in [0, 0.1) is 5.92 Å². The number of benzene rings is 1. The van der Waals surface area contributed by atoms with Crippen molar-refractivity contribution < 1.29 is 4.79 Å². The summed E-state index contributed by atoms with van der Waals surface area (Å²) in [5, 5.41) is 6.13. The summed E-state index contributed by atoms with van der Waals surface area (Å²) in [7, 11) is 0. The van der Waals surface area contributed by atoms with Crippen molar-refractivity contribution in [1.29, 1.82) is 0 Å². The Morgan fingerprint density at radius 3 is 3.00 bits per heavy atom. The summed E-state index contributed by atoms with van der Waals surface area (Å²) in [6, 6.07) is 8.05. The third-order valence-corrected chi connectivity index (χ3v) is 5.83. The molecule has 2 aromatic rings. The van der Waals surface area contributed by atoms with Gasteiger partial charge in [-0.25, -0.2) is 9.78 Å². The van der Waals surface area contributed by atoms with E-state index in [0.29, 0.717) is 5.92 Å². The maximum Gasteiger partial charge on any atom is 0.319 e. The van der Waals surface area contributed by atoms with Gasteiger partial charge in [0.1, 0.15) is 5.82 Å². The van der Waals surface area contributed by atoms with Gasteiger partial charge in [-0.2, -0.15) is 0 Å². The Hall–Kier alpha value is -2.34. The first-order valence-electron chi connectivity index (χ1n) is 10.1. The molecule has 3 heterocycles. The van der Waals surface area contributed by atoms with E-state index in [2.05, 4.69) is 45.0 Å². The van der Waals surface area contributed by atoms with E-state index in [1.54, 1.807) is 0 Å². The summed E-state index contributed by atoms with van der Waals surface area (Å²) in [5.41, 5.74) is 3.16. The summed E-state index contributed by atoms with van der Waals surface area (Å²) in [6.45, 7) is 8.38. The Kier molecular flexibility index (Phi) is 5.16. The van der Waals surface area contributed by atoms with Crippen LogP contribution in [0.5, 0.6) is 0 Å². The number of carbonyl (C=O) groups excluding carboxylic acids is 1. The monoisotopic (exact) mass is 367 g/mol. The lowest BCUT2D eigenvalue weighted by Gasteiger charge is -2.18. The molecule has 1 aromatic heterocycles. The van der Waals surface area contributed by atoms with Crippen molar-refractivity contribution in [1.82, 2.24) is 19.8 Å². The van der Waals surface area contributed by atoms with Crippen LogP contribution >= 0.6 is 0 Å². The van der Waals surface area contributed by atoms with E-state index < -0.39 is 0 Å². The Bertz CT molecular complexity index is 815. The molecule has 1 saturated heterocycles. The van der Waals surface area contributed by atoms with Gasteiger partial charge in [0.2, 0.25) is 0 Å². The first kappa shape index (κ1) is 18.0. The minimum Gasteiger partial charge on any atom is -0.334 e. The Morgan fingerprint density at radius 1 is 1.30 bits per heavy atom. The molecule has 2 unspecified atom stereocenters. The lowest BCUT2D eigenvalue weighted by atomic mass is 10.1. The predicted molar refractivity (Wildman–Crippen MR) is 108 cm³/mol. The van der Waals surface area contributed by atoms with Gasteiger partial charge in [0.15, 0.2) is 0 Å². The summed E-state index contributed by atoms with van der Waals surface area (Å²) in [4.78, 5) is 19.5. The average Bonchev–Trinajstić information content (AvgIpc) is 3.25. The normalized spacial score (nSPS) is 22.4. The zero-order valence-electron chi connectivity index (χ0n) is 16.2. The maximum atomic E-state index is 12.5. The van der Waals surface area contributed by atoms with Crippen molar-refractivity contribution in [2.24, 2.45) is 5.92 Å². The molecule has 2 atom stereocenters. The van der Waals surface area contributed by atoms with E-state index in [4.69, 9.17) is 0 Å². The second-order valence-corrected chi connectivity index (χ2v) is 7.80. The molecule has 0 aliphatic carbocycles. The second-order valence-electron chi connectivity index (χ2n) is 7.80. The lowest BCUT2D eigenvalue weighted by molar-refractivity contribution is 0.246. The Labute approximate surface area is 161 Å². The summed E-state index contributed by atoms with van der Waals surface area (Å²) < 4.78 is 2.31. The van der Waals surface area contributed by atoms with Gasteiger partial charge in [-0.15, -0.1) is 0 Å². The van der Waals surface area contributed by atoms with Crippen molar-refractivity contribution in [3.63, 3.8) is 0 Å². The number of hydrogen-bond acceptors (Lipinski definition) is 3. The summed E-state index contributed by atoms with van der Waals surface area (Å²) in [6.07, 6.45) is 5.52. The van der Waals surface area contributed by atoms with Crippen LogP contribution in [0.4, 0.5) is 10.5 Å². The van der Waals surface area contributed by atoms with Crippen LogP contribution in [0.15, 0.2) is 30.5 Å². The number of amides is 2. The van der Waals surface area contributed by atoms with Crippen LogP contribution in [0.2, 0.25) is 0 Å². The number of aromatic nitrogens is 2. The van der Waals surface area contributed by atoms with Crippen LogP contribution in [-0.2, 0) is 13.0 Å². The zero-order chi connectivity index (χ0) is 18.8. The fraction of sp³-hybridized carbons (Fsp3) is 0.524. The Balaban J connectivity index is 1.44. The van der Waals surface area contributed by atoms with Gasteiger partial charge in [0.25, 0.3) is 0 Å². The first-order chi connectivity index (χ1) is 13.1. The number of fused-ring (bicyclic) bond motifs is 1. The molecule has 0 radical (unpaired) electrons. The number of anilines is 1. The quantitative estimate of drug-likeness (QED) is 0.871. The van der Waals surface area contributed by atoms with Crippen LogP contribution < -0.4 is 10.6 Å². The molecule has 1 fully saturated rings. The highest BCUT2D eigenvalue weighted by Crippen LogP contribution is 2.26. The number of urea groups is 1. The number of likely N-dealkylation sites (N-methyl/N-ethyl adjacent to an activating group) is 1. The fourth-order valence-corrected chi connectivity index (χ4v) is 4.25. The largest absolute Gasteiger partial charge is 0.334 e. The second kappa shape index (κ2) is 7.72. The summed E-state index contributed by atoms with van der Waals surface area (Å²) >= 11 is 0. The number of hydrogen-bond donors (Lipinski definition) is 2. The Morgan fingerprint density at radius 2 is 2.19 bits per heavy atom. The highest BCUT2D eigenvalue weighted by Gasteiger charge is 2.29. The van der Waals surface area contributed by atoms with Gasteiger partial charge in [-0.3, -0.25) is 0 Å². The minimum absolute atomic E-state index is 0.132. The van der Waals surface area contributed by atoms with E-state index in [1.165, 1.54) is 18.5 Å². The standard InChI is InChI=1S/C21H29N5O/c1-3-25-13-15(2)19(14-25)24-21(27)23-17-8-6-7-16(11-17)20-22-12-18-9-4-5-10-26(18)20/h6-8,11-12,15,19H,3-5,9-10,13-14H2,1-2H3,(H2,23,24,27). The molecule has 4 rings (SSSR count). The number of likely N-dealkylation sites (tertiary alicyclic amines) is 1. The SMILES string of the molecule is CCN1CC(C)C(NC(=O)Nc2cccc(-c3ncc4n3CCCC4)c2)C1. The minimum atomic E-state index is -0.132.